The largest absolute Gasteiger partial charge is 0.360 e. The second-order valence-corrected chi connectivity index (χ2v) is 10.2. The highest BCUT2D eigenvalue weighted by Crippen LogP contribution is 2.47. The Labute approximate surface area is 218 Å². The number of nitriles is 1. The van der Waals surface area contributed by atoms with Crippen molar-refractivity contribution in [1.82, 2.24) is 24.3 Å². The number of benzene rings is 1. The van der Waals surface area contributed by atoms with Gasteiger partial charge in [-0.25, -0.2) is 13.3 Å². The first kappa shape index (κ1) is 24.0. The summed E-state index contributed by atoms with van der Waals surface area (Å²) in [5, 5.41) is 18.1. The van der Waals surface area contributed by atoms with E-state index in [0.717, 1.165) is 42.0 Å². The van der Waals surface area contributed by atoms with Crippen molar-refractivity contribution in [3.63, 3.8) is 0 Å². The maximum absolute atomic E-state index is 12.8. The smallest absolute Gasteiger partial charge is 0.257 e. The fraction of sp³-hybridized carbons (Fsp3) is 0.286. The fourth-order valence-electron chi connectivity index (χ4n) is 6.01. The summed E-state index contributed by atoms with van der Waals surface area (Å²) >= 11 is 0. The van der Waals surface area contributed by atoms with Crippen LogP contribution in [0, 0.1) is 16.7 Å². The summed E-state index contributed by atoms with van der Waals surface area (Å²) in [5.41, 5.74) is 5.06. The minimum absolute atomic E-state index is 0.0206. The van der Waals surface area contributed by atoms with Gasteiger partial charge in [-0.2, -0.15) is 15.5 Å². The number of halogens is 2. The molecular formula is C28H25F2N7O. The molecule has 2 aliphatic heterocycles. The van der Waals surface area contributed by atoms with Crippen molar-refractivity contribution in [3.8, 4) is 28.3 Å². The molecule has 1 unspecified atom stereocenters. The lowest BCUT2D eigenvalue weighted by molar-refractivity contribution is -0.128. The summed E-state index contributed by atoms with van der Waals surface area (Å²) in [6.07, 6.45) is 5.30. The second kappa shape index (κ2) is 8.89. The number of pyridine rings is 1. The molecule has 8 nitrogen and oxygen atoms in total. The van der Waals surface area contributed by atoms with Crippen LogP contribution in [-0.4, -0.2) is 69.2 Å². The number of aromatic nitrogens is 4. The third-order valence-corrected chi connectivity index (χ3v) is 7.55. The van der Waals surface area contributed by atoms with Crippen LogP contribution in [-0.2, 0) is 11.3 Å². The number of alkyl halides is 2. The van der Waals surface area contributed by atoms with Crippen LogP contribution >= 0.6 is 0 Å². The molecule has 5 heterocycles. The van der Waals surface area contributed by atoms with Gasteiger partial charge in [-0.3, -0.25) is 9.48 Å². The topological polar surface area (TPSA) is 82.5 Å². The molecular weight excluding hydrogens is 488 g/mol. The Morgan fingerprint density at radius 2 is 1.92 bits per heavy atom. The number of rotatable bonds is 7. The van der Waals surface area contributed by atoms with E-state index in [-0.39, 0.29) is 17.2 Å². The van der Waals surface area contributed by atoms with E-state index in [1.165, 1.54) is 17.0 Å². The average Bonchev–Trinajstić information content (AvgIpc) is 3.51. The summed E-state index contributed by atoms with van der Waals surface area (Å²) in [7, 11) is 2.06. The number of carbonyl (C=O) groups excluding carboxylic acids is 1. The zero-order valence-corrected chi connectivity index (χ0v) is 20.8. The normalized spacial score (nSPS) is 18.4. The van der Waals surface area contributed by atoms with Crippen LogP contribution in [0.5, 0.6) is 0 Å². The molecule has 10 heteroatoms. The summed E-state index contributed by atoms with van der Waals surface area (Å²) in [4.78, 5) is 17.1. The van der Waals surface area contributed by atoms with Crippen molar-refractivity contribution in [3.05, 3.63) is 73.3 Å². The zero-order valence-electron chi connectivity index (χ0n) is 20.8. The minimum atomic E-state index is -2.50. The first-order valence-corrected chi connectivity index (χ1v) is 12.3. The van der Waals surface area contributed by atoms with Crippen molar-refractivity contribution in [1.29, 1.82) is 5.26 Å². The summed E-state index contributed by atoms with van der Waals surface area (Å²) in [6.45, 7) is 5.82. The van der Waals surface area contributed by atoms with Crippen molar-refractivity contribution in [2.24, 2.45) is 5.41 Å². The van der Waals surface area contributed by atoms with Gasteiger partial charge in [0.05, 0.1) is 23.5 Å². The lowest BCUT2D eigenvalue weighted by Gasteiger charge is -2.64. The van der Waals surface area contributed by atoms with Gasteiger partial charge < -0.3 is 9.80 Å². The molecule has 4 aromatic rings. The van der Waals surface area contributed by atoms with E-state index in [9.17, 15) is 18.8 Å². The van der Waals surface area contributed by atoms with E-state index in [0.29, 0.717) is 16.6 Å². The van der Waals surface area contributed by atoms with Crippen LogP contribution in [0.2, 0.25) is 0 Å². The molecule has 3 aromatic heterocycles. The molecule has 38 heavy (non-hydrogen) atoms. The molecule has 2 aliphatic rings. The van der Waals surface area contributed by atoms with Gasteiger partial charge in [-0.1, -0.05) is 18.7 Å². The van der Waals surface area contributed by atoms with Crippen LogP contribution in [0.4, 0.5) is 14.5 Å². The van der Waals surface area contributed by atoms with E-state index in [2.05, 4.69) is 39.7 Å². The van der Waals surface area contributed by atoms with Crippen molar-refractivity contribution in [2.45, 2.75) is 19.0 Å². The van der Waals surface area contributed by atoms with Crippen LogP contribution in [0.15, 0.2) is 67.8 Å². The average molecular weight is 514 g/mol. The Morgan fingerprint density at radius 3 is 2.58 bits per heavy atom. The Bertz CT molecular complexity index is 1590. The molecule has 1 atom stereocenters. The number of hydrogen-bond acceptors (Lipinski definition) is 6. The molecule has 2 saturated heterocycles. The number of ketones is 1. The Kier molecular flexibility index (Phi) is 5.61. The van der Waals surface area contributed by atoms with E-state index in [4.69, 9.17) is 0 Å². The van der Waals surface area contributed by atoms with Crippen LogP contribution < -0.4 is 4.90 Å². The molecule has 192 valence electrons. The summed E-state index contributed by atoms with van der Waals surface area (Å²) in [6, 6.07) is 11.8. The van der Waals surface area contributed by atoms with E-state index >= 15 is 0 Å². The molecule has 0 bridgehead atoms. The van der Waals surface area contributed by atoms with Gasteiger partial charge in [0.15, 0.2) is 5.78 Å². The second-order valence-electron chi connectivity index (χ2n) is 10.2. The molecule has 0 N–H and O–H groups in total. The van der Waals surface area contributed by atoms with Crippen molar-refractivity contribution in [2.75, 3.05) is 31.6 Å². The Balaban J connectivity index is 1.36. The fourth-order valence-corrected chi connectivity index (χ4v) is 6.01. The molecule has 6 rings (SSSR count). The van der Waals surface area contributed by atoms with Crippen LogP contribution in [0.1, 0.15) is 5.56 Å². The number of fused-ring (bicyclic) bond motifs is 1. The molecule has 1 spiro atoms. The number of carbonyl (C=O) groups is 1. The predicted molar refractivity (Wildman–Crippen MR) is 139 cm³/mol. The first-order valence-electron chi connectivity index (χ1n) is 12.3. The van der Waals surface area contributed by atoms with Crippen LogP contribution in [0.25, 0.3) is 27.8 Å². The van der Waals surface area contributed by atoms with Crippen LogP contribution in [0.3, 0.4) is 0 Å². The van der Waals surface area contributed by atoms with Gasteiger partial charge >= 0.3 is 0 Å². The maximum Gasteiger partial charge on any atom is 0.257 e. The molecule has 1 aromatic carbocycles. The molecule has 0 amide bonds. The lowest BCUT2D eigenvalue weighted by atomic mass is 9.64. The third-order valence-electron chi connectivity index (χ3n) is 7.55. The molecule has 0 saturated carbocycles. The highest BCUT2D eigenvalue weighted by molar-refractivity contribution is 5.99. The Morgan fingerprint density at radius 1 is 1.16 bits per heavy atom. The summed E-state index contributed by atoms with van der Waals surface area (Å²) in [5.74, 6) is 0.0353. The van der Waals surface area contributed by atoms with Gasteiger partial charge in [-0.05, 0) is 36.9 Å². The van der Waals surface area contributed by atoms with Gasteiger partial charge in [0.2, 0.25) is 0 Å². The number of likely N-dealkylation sites (tertiary alicyclic amines) is 1. The van der Waals surface area contributed by atoms with E-state index < -0.39 is 13.0 Å². The van der Waals surface area contributed by atoms with Gasteiger partial charge in [0.1, 0.15) is 18.7 Å². The van der Waals surface area contributed by atoms with E-state index in [1.54, 1.807) is 23.1 Å². The summed E-state index contributed by atoms with van der Waals surface area (Å²) < 4.78 is 28.5. The Hall–Kier alpha value is -4.36. The van der Waals surface area contributed by atoms with Crippen molar-refractivity contribution < 1.29 is 13.6 Å². The van der Waals surface area contributed by atoms with Crippen molar-refractivity contribution >= 4 is 17.0 Å². The molecule has 0 aliphatic carbocycles. The number of nitrogens with zero attached hydrogens (tertiary/aromatic N) is 7. The minimum Gasteiger partial charge on any atom is -0.360 e. The molecule has 2 fully saturated rings. The van der Waals surface area contributed by atoms with Gasteiger partial charge in [0, 0.05) is 59.8 Å². The molecule has 0 radical (unpaired) electrons. The van der Waals surface area contributed by atoms with Gasteiger partial charge in [0.25, 0.3) is 6.43 Å². The zero-order chi connectivity index (χ0) is 26.6. The van der Waals surface area contributed by atoms with Gasteiger partial charge in [-0.15, -0.1) is 0 Å². The third kappa shape index (κ3) is 3.78. The van der Waals surface area contributed by atoms with E-state index in [1.807, 2.05) is 30.3 Å². The number of anilines is 1. The number of hydrogen-bond donors (Lipinski definition) is 0. The first-order chi connectivity index (χ1) is 18.3. The highest BCUT2D eigenvalue weighted by Gasteiger charge is 2.60. The monoisotopic (exact) mass is 513 g/mol. The quantitative estimate of drug-likeness (QED) is 0.349. The highest BCUT2D eigenvalue weighted by atomic mass is 19.3. The standard InChI is InChI=1S/C28H25F2N7O/c1-3-24(38)27-28(15-34(2)16-28)17-36(27)22-6-4-18(5-7-22)23-8-19(13-37-26(23)20(9-31)10-33-37)21-11-32-35(12-21)14-25(29)30/h3-8,10-13,25,27H,1,14-17H2,2H3. The predicted octanol–water partition coefficient (Wildman–Crippen LogP) is 3.88. The maximum atomic E-state index is 12.8. The SMILES string of the molecule is C=CC(=O)C1N(c2ccc(-c3cc(-c4cnn(CC(F)F)c4)cn4ncc(C#N)c34)cc2)CC12CN(C)C2. The lowest BCUT2D eigenvalue weighted by Crippen LogP contribution is -2.78.